The second-order valence-corrected chi connectivity index (χ2v) is 9.67. The fourth-order valence-electron chi connectivity index (χ4n) is 3.11. The van der Waals surface area contributed by atoms with Gasteiger partial charge in [0, 0.05) is 44.5 Å². The maximum Gasteiger partial charge on any atom is 0.407 e. The number of ether oxygens (including phenoxy) is 2. The van der Waals surface area contributed by atoms with Gasteiger partial charge in [0.15, 0.2) is 0 Å². The van der Waals surface area contributed by atoms with E-state index >= 15 is 0 Å². The van der Waals surface area contributed by atoms with Crippen LogP contribution in [0.5, 0.6) is 0 Å². The molecular weight excluding hydrogens is 1070 g/mol. The van der Waals surface area contributed by atoms with Gasteiger partial charge in [-0.3, -0.25) is 35.1 Å². The highest BCUT2D eigenvalue weighted by atomic mass is 16.7. The summed E-state index contributed by atoms with van der Waals surface area (Å²) in [5.74, 6) is -1.18. The molecule has 0 spiro atoms. The second-order valence-electron chi connectivity index (χ2n) is 9.67. The first-order valence-corrected chi connectivity index (χ1v) is 31.5. The number of urea groups is 3. The van der Waals surface area contributed by atoms with E-state index in [1.807, 2.05) is 238 Å². The number of carbonyl (C=O) groups excluding carboxylic acids is 9. The number of amides is 12. The molecule has 508 valence electrons. The van der Waals surface area contributed by atoms with Crippen molar-refractivity contribution < 1.29 is 62.3 Å². The Kier molecular flexibility index (Phi) is 211. The van der Waals surface area contributed by atoms with Crippen molar-refractivity contribution in [1.29, 1.82) is 0 Å². The van der Waals surface area contributed by atoms with E-state index in [1.54, 1.807) is 6.21 Å². The minimum atomic E-state index is -0.398. The van der Waals surface area contributed by atoms with Crippen LogP contribution in [0.25, 0.3) is 0 Å². The van der Waals surface area contributed by atoms with Gasteiger partial charge in [0.25, 0.3) is 11.8 Å². The Bertz CT molecular complexity index is 1130. The van der Waals surface area contributed by atoms with E-state index in [4.69, 9.17) is 4.84 Å². The van der Waals surface area contributed by atoms with Crippen LogP contribution in [0.1, 0.15) is 247 Å². The molecule has 0 aromatic carbocycles. The molecule has 6 saturated heterocycles. The summed E-state index contributed by atoms with van der Waals surface area (Å²) in [6, 6.07) is -0.843. The minimum Gasteiger partial charge on any atom is -0.449 e. The van der Waals surface area contributed by atoms with Crippen LogP contribution in [0, 0.1) is 0 Å². The lowest BCUT2D eigenvalue weighted by atomic mass is 10.3. The van der Waals surface area contributed by atoms with E-state index < -0.39 is 12.1 Å². The third-order valence-electron chi connectivity index (χ3n) is 5.43. The smallest absolute Gasteiger partial charge is 0.407 e. The molecule has 83 heavy (non-hydrogen) atoms. The van der Waals surface area contributed by atoms with Crippen LogP contribution in [0.2, 0.25) is 0 Å². The van der Waals surface area contributed by atoms with Gasteiger partial charge in [0.1, 0.15) is 13.2 Å². The molecule has 8 aliphatic heterocycles. The molecule has 0 aliphatic carbocycles. The summed E-state index contributed by atoms with van der Waals surface area (Å²) in [7, 11) is 0. The summed E-state index contributed by atoms with van der Waals surface area (Å²) in [6.45, 7) is 71.0. The van der Waals surface area contributed by atoms with Crippen molar-refractivity contribution in [3.8, 4) is 0 Å². The summed E-state index contributed by atoms with van der Waals surface area (Å²) in [5, 5.41) is 24.3. The summed E-state index contributed by atoms with van der Waals surface area (Å²) in [4.78, 5) is 99.6. The molecule has 24 heteroatoms. The van der Waals surface area contributed by atoms with E-state index in [1.165, 1.54) is 18.6 Å². The number of cyclic esters (lactones) is 2. The fraction of sp³-hybridized carbons (Fsp3) is 0.797. The summed E-state index contributed by atoms with van der Waals surface area (Å²) in [5.41, 5.74) is 2.72. The Morgan fingerprint density at radius 3 is 0.783 bits per heavy atom. The second kappa shape index (κ2) is 147. The SMILES string of the molecule is C1=NOCCC1.C1CNOC1.CC.CC.CC.CC.CC.CC.CC.CC.CC.CC.CC.CC.CC.CC.CC.CC.O=C1C=CC(=O)N1.O=C1CNC(=O)N1.O=C1CNC(=O)N1.O=C1NCCCO1.O=C1NCCN1.O=C1NCCO1. The Balaban J connectivity index is -0.0000000413. The fourth-order valence-corrected chi connectivity index (χ4v) is 3.11. The van der Waals surface area contributed by atoms with Crippen LogP contribution in [-0.4, -0.2) is 132 Å². The van der Waals surface area contributed by atoms with Gasteiger partial charge in [-0.2, -0.15) is 0 Å². The van der Waals surface area contributed by atoms with Gasteiger partial charge in [-0.05, 0) is 25.7 Å². The third kappa shape index (κ3) is 143. The number of nitrogens with zero attached hydrogens (tertiary/aromatic N) is 1. The average molecular weight is 1210 g/mol. The van der Waals surface area contributed by atoms with Crippen molar-refractivity contribution in [1.82, 2.24) is 53.3 Å². The van der Waals surface area contributed by atoms with Gasteiger partial charge < -0.3 is 51.0 Å². The number of alkyl carbamates (subject to hydrolysis) is 2. The molecular formula is C59H139N11O13. The Morgan fingerprint density at radius 2 is 0.687 bits per heavy atom. The molecule has 0 atom stereocenters. The van der Waals surface area contributed by atoms with E-state index in [9.17, 15) is 43.2 Å². The first-order chi connectivity index (χ1) is 40.5. The first kappa shape index (κ1) is 119. The van der Waals surface area contributed by atoms with Crippen LogP contribution in [0.3, 0.4) is 0 Å². The summed E-state index contributed by atoms with van der Waals surface area (Å²) >= 11 is 0. The van der Waals surface area contributed by atoms with E-state index in [0.717, 1.165) is 58.7 Å². The van der Waals surface area contributed by atoms with Gasteiger partial charge in [-0.1, -0.05) is 227 Å². The summed E-state index contributed by atoms with van der Waals surface area (Å²) in [6.07, 6.45) is 7.92. The Morgan fingerprint density at radius 1 is 0.337 bits per heavy atom. The lowest BCUT2D eigenvalue weighted by Crippen LogP contribution is -2.31. The quantitative estimate of drug-likeness (QED) is 0.0797. The van der Waals surface area contributed by atoms with Gasteiger partial charge in [0.2, 0.25) is 11.8 Å². The van der Waals surface area contributed by atoms with Crippen molar-refractivity contribution >= 4 is 60.1 Å². The molecule has 0 unspecified atom stereocenters. The highest BCUT2D eigenvalue weighted by Crippen LogP contribution is 1.93. The Hall–Kier alpha value is -6.04. The van der Waals surface area contributed by atoms with Crippen LogP contribution in [0.15, 0.2) is 17.3 Å². The first-order valence-electron chi connectivity index (χ1n) is 31.5. The van der Waals surface area contributed by atoms with Crippen molar-refractivity contribution in [3.05, 3.63) is 12.2 Å². The molecule has 0 aromatic heterocycles. The van der Waals surface area contributed by atoms with Crippen molar-refractivity contribution in [2.45, 2.75) is 247 Å². The highest BCUT2D eigenvalue weighted by molar-refractivity contribution is 6.12. The molecule has 24 nitrogen and oxygen atoms in total. The number of rotatable bonds is 0. The number of hydrogen-bond acceptors (Lipinski definition) is 15. The predicted molar refractivity (Wildman–Crippen MR) is 354 cm³/mol. The van der Waals surface area contributed by atoms with E-state index in [-0.39, 0.29) is 54.9 Å². The number of oxime groups is 1. The highest BCUT2D eigenvalue weighted by Gasteiger charge is 2.15. The van der Waals surface area contributed by atoms with Crippen LogP contribution >= 0.6 is 0 Å². The molecule has 10 N–H and O–H groups in total. The number of hydroxylamine groups is 1. The van der Waals surface area contributed by atoms with Crippen LogP contribution < -0.4 is 53.3 Å². The van der Waals surface area contributed by atoms with Crippen molar-refractivity contribution in [2.24, 2.45) is 5.16 Å². The zero-order chi connectivity index (χ0) is 69.5. The number of carbonyl (C=O) groups is 9. The lowest BCUT2D eigenvalue weighted by molar-refractivity contribution is -0.123. The van der Waals surface area contributed by atoms with Crippen LogP contribution in [0.4, 0.5) is 24.0 Å². The maximum absolute atomic E-state index is 10.1. The summed E-state index contributed by atoms with van der Waals surface area (Å²) < 4.78 is 8.93. The zero-order valence-corrected chi connectivity index (χ0v) is 59.6. The largest absolute Gasteiger partial charge is 0.449 e. The minimum absolute atomic E-state index is 0.0463. The van der Waals surface area contributed by atoms with Crippen LogP contribution in [-0.2, 0) is 38.3 Å². The van der Waals surface area contributed by atoms with Gasteiger partial charge >= 0.3 is 30.3 Å². The predicted octanol–water partition coefficient (Wildman–Crippen LogP) is 13.1. The molecule has 6 fully saturated rings. The third-order valence-corrected chi connectivity index (χ3v) is 5.43. The van der Waals surface area contributed by atoms with E-state index in [0.29, 0.717) is 19.8 Å². The Labute approximate surface area is 511 Å². The molecule has 0 bridgehead atoms. The molecule has 0 aromatic rings. The molecule has 8 rings (SSSR count). The van der Waals surface area contributed by atoms with Gasteiger partial charge in [0.05, 0.1) is 32.8 Å². The van der Waals surface area contributed by atoms with Gasteiger partial charge in [-0.25, -0.2) is 29.5 Å². The molecule has 0 saturated carbocycles. The normalized spacial score (nSPS) is 13.3. The zero-order valence-electron chi connectivity index (χ0n) is 59.6. The molecule has 8 heterocycles. The standard InChI is InChI=1S/C4H7NO2.C4H3NO2.C4H7NO.2C3H4N2O2.C3H6N2O.C3H5NO2.C3H7NO.16C2H6/c6-4-5-2-1-3-7-4;6-3-1-2-4(7)5-3;1-2-4-6-5-3-1;2*6-2-1-4-3(7)5-2;6-3-4-1-2-5-3;5-3-4-1-2-6-3;1-2-4-5-3-1;16*1-2/h1-3H2,(H,5,6);1-2H,(H,5,6,7);3H,1-2,4H2;2*1H2,(H2,4,5,6,7);1-2H2,(H2,4,5,6);1-2H2,(H,4,5);4H,1-3H2;16*1-2H3. The lowest BCUT2D eigenvalue weighted by Gasteiger charge is -2.10. The van der Waals surface area contributed by atoms with E-state index in [2.05, 4.69) is 56.8 Å². The number of hydrogen-bond donors (Lipinski definition) is 10. The number of nitrogens with one attached hydrogen (secondary N) is 10. The number of imide groups is 3. The maximum atomic E-state index is 10.1. The van der Waals surface area contributed by atoms with Crippen molar-refractivity contribution in [3.63, 3.8) is 0 Å². The van der Waals surface area contributed by atoms with Crippen molar-refractivity contribution in [2.75, 3.05) is 72.2 Å². The molecule has 12 amide bonds. The van der Waals surface area contributed by atoms with Gasteiger partial charge in [-0.15, -0.1) is 0 Å². The molecule has 0 radical (unpaired) electrons. The monoisotopic (exact) mass is 1210 g/mol. The topological polar surface area (TPSA) is 323 Å². The average Bonchev–Trinajstić information content (AvgIpc) is 4.51. The molecule has 8 aliphatic rings.